The third kappa shape index (κ3) is 4.05. The molecule has 0 saturated heterocycles. The van der Waals surface area contributed by atoms with Gasteiger partial charge in [-0.25, -0.2) is 4.68 Å². The van der Waals surface area contributed by atoms with Crippen molar-refractivity contribution in [2.75, 3.05) is 11.2 Å². The van der Waals surface area contributed by atoms with E-state index in [0.717, 1.165) is 11.3 Å². The number of nitrogens with one attached hydrogen (secondary N) is 2. The van der Waals surface area contributed by atoms with Crippen LogP contribution in [0.3, 0.4) is 0 Å². The smallest absolute Gasteiger partial charge is 0.257 e. The quantitative estimate of drug-likeness (QED) is 0.660. The Morgan fingerprint density at radius 3 is 2.59 bits per heavy atom. The molecule has 0 unspecified atom stereocenters. The monoisotopic (exact) mass is 335 g/mol. The van der Waals surface area contributed by atoms with E-state index in [1.807, 2.05) is 32.9 Å². The number of carbonyl (C=O) groups is 1. The third-order valence-electron chi connectivity index (χ3n) is 2.82. The molecule has 2 aromatic rings. The van der Waals surface area contributed by atoms with Crippen LogP contribution in [0.4, 0.5) is 0 Å². The van der Waals surface area contributed by atoms with E-state index >= 15 is 0 Å². The molecular formula is C14H17N5OS2. The van der Waals surface area contributed by atoms with Crippen LogP contribution in [0.1, 0.15) is 28.7 Å². The number of carbonyl (C=O) groups excluding carboxylic acids is 1. The van der Waals surface area contributed by atoms with Crippen LogP contribution in [-0.2, 0) is 0 Å². The molecule has 6 nitrogen and oxygen atoms in total. The van der Waals surface area contributed by atoms with Crippen molar-refractivity contribution >= 4 is 35.0 Å². The number of thioether (sulfide) groups is 1. The Bertz CT molecular complexity index is 681. The molecule has 0 bridgehead atoms. The molecule has 0 fully saturated rings. The number of amides is 1. The van der Waals surface area contributed by atoms with Crippen LogP contribution in [0, 0.1) is 13.8 Å². The summed E-state index contributed by atoms with van der Waals surface area (Å²) >= 11 is 6.71. The minimum absolute atomic E-state index is 0.200. The van der Waals surface area contributed by atoms with Crippen LogP contribution >= 0.6 is 24.0 Å². The molecule has 1 heterocycles. The van der Waals surface area contributed by atoms with Gasteiger partial charge in [-0.3, -0.25) is 15.5 Å². The first kappa shape index (κ1) is 16.4. The SMILES string of the molecule is CCSc1nnc(C)n1NC(=S)NC(=O)c1ccc(C)cc1. The Morgan fingerprint density at radius 2 is 1.95 bits per heavy atom. The number of nitrogens with zero attached hydrogens (tertiary/aromatic N) is 3. The topological polar surface area (TPSA) is 71.8 Å². The zero-order chi connectivity index (χ0) is 16.1. The molecule has 1 amide bonds. The maximum absolute atomic E-state index is 12.1. The van der Waals surface area contributed by atoms with Gasteiger partial charge in [0.25, 0.3) is 5.91 Å². The van der Waals surface area contributed by atoms with Crippen LogP contribution in [-0.4, -0.2) is 31.6 Å². The van der Waals surface area contributed by atoms with Crippen LogP contribution in [0.15, 0.2) is 29.4 Å². The molecule has 1 aromatic carbocycles. The lowest BCUT2D eigenvalue weighted by Gasteiger charge is -2.12. The molecule has 1 aromatic heterocycles. The number of aryl methyl sites for hydroxylation is 2. The first-order valence-corrected chi connectivity index (χ1v) is 8.14. The van der Waals surface area contributed by atoms with E-state index in [2.05, 4.69) is 20.9 Å². The Balaban J connectivity index is 2.02. The fourth-order valence-electron chi connectivity index (χ4n) is 1.70. The second-order valence-electron chi connectivity index (χ2n) is 4.56. The molecule has 0 spiro atoms. The molecule has 0 aliphatic carbocycles. The van der Waals surface area contributed by atoms with Crippen LogP contribution in [0.5, 0.6) is 0 Å². The van der Waals surface area contributed by atoms with Gasteiger partial charge in [-0.15, -0.1) is 10.2 Å². The van der Waals surface area contributed by atoms with Gasteiger partial charge in [0.15, 0.2) is 5.11 Å². The van der Waals surface area contributed by atoms with Crippen molar-refractivity contribution in [1.29, 1.82) is 0 Å². The minimum Gasteiger partial charge on any atom is -0.298 e. The zero-order valence-corrected chi connectivity index (χ0v) is 14.2. The highest BCUT2D eigenvalue weighted by Crippen LogP contribution is 2.14. The standard InChI is InChI=1S/C14H17N5OS2/c1-4-22-14-17-16-10(3)19(14)18-13(21)15-12(20)11-7-5-9(2)6-8-11/h5-8H,4H2,1-3H3,(H2,15,18,20,21). The van der Waals surface area contributed by atoms with Crippen molar-refractivity contribution in [2.45, 2.75) is 25.9 Å². The fourth-order valence-corrected chi connectivity index (χ4v) is 2.55. The largest absolute Gasteiger partial charge is 0.298 e. The predicted octanol–water partition coefficient (Wildman–Crippen LogP) is 2.27. The van der Waals surface area contributed by atoms with E-state index in [4.69, 9.17) is 12.2 Å². The van der Waals surface area contributed by atoms with E-state index in [1.54, 1.807) is 16.8 Å². The lowest BCUT2D eigenvalue weighted by atomic mass is 10.1. The number of thiocarbonyl (C=S) groups is 1. The van der Waals surface area contributed by atoms with Gasteiger partial charge in [0.05, 0.1) is 0 Å². The summed E-state index contributed by atoms with van der Waals surface area (Å²) in [6.45, 7) is 5.80. The van der Waals surface area contributed by atoms with Crippen LogP contribution < -0.4 is 10.7 Å². The van der Waals surface area contributed by atoms with Gasteiger partial charge in [0.1, 0.15) is 5.82 Å². The van der Waals surface area contributed by atoms with E-state index in [-0.39, 0.29) is 11.0 Å². The van der Waals surface area contributed by atoms with E-state index in [1.165, 1.54) is 11.8 Å². The van der Waals surface area contributed by atoms with Gasteiger partial charge in [0.2, 0.25) is 5.16 Å². The number of rotatable bonds is 4. The zero-order valence-electron chi connectivity index (χ0n) is 12.6. The van der Waals surface area contributed by atoms with E-state index in [9.17, 15) is 4.79 Å². The Labute approximate surface area is 138 Å². The first-order valence-electron chi connectivity index (χ1n) is 6.75. The molecule has 0 saturated carbocycles. The summed E-state index contributed by atoms with van der Waals surface area (Å²) in [5.41, 5.74) is 4.58. The highest BCUT2D eigenvalue weighted by molar-refractivity contribution is 7.99. The normalized spacial score (nSPS) is 10.3. The maximum Gasteiger partial charge on any atom is 0.257 e. The molecule has 2 rings (SSSR count). The average molecular weight is 335 g/mol. The molecule has 8 heteroatoms. The molecule has 2 N–H and O–H groups in total. The molecule has 22 heavy (non-hydrogen) atoms. The Morgan fingerprint density at radius 1 is 1.27 bits per heavy atom. The molecule has 0 aliphatic rings. The van der Waals surface area contributed by atoms with Crippen molar-refractivity contribution in [2.24, 2.45) is 0 Å². The predicted molar refractivity (Wildman–Crippen MR) is 91.8 cm³/mol. The van der Waals surface area contributed by atoms with Crippen LogP contribution in [0.25, 0.3) is 0 Å². The number of hydrogen-bond acceptors (Lipinski definition) is 5. The summed E-state index contributed by atoms with van der Waals surface area (Å²) in [6, 6.07) is 7.28. The van der Waals surface area contributed by atoms with Crippen molar-refractivity contribution in [1.82, 2.24) is 20.2 Å². The lowest BCUT2D eigenvalue weighted by Crippen LogP contribution is -2.38. The second-order valence-corrected chi connectivity index (χ2v) is 6.20. The molecular weight excluding hydrogens is 318 g/mol. The summed E-state index contributed by atoms with van der Waals surface area (Å²) in [7, 11) is 0. The summed E-state index contributed by atoms with van der Waals surface area (Å²) in [6.07, 6.45) is 0. The second kappa shape index (κ2) is 7.37. The van der Waals surface area contributed by atoms with Crippen molar-refractivity contribution in [3.05, 3.63) is 41.2 Å². The first-order chi connectivity index (χ1) is 10.5. The van der Waals surface area contributed by atoms with Gasteiger partial charge in [0, 0.05) is 5.56 Å². The Hall–Kier alpha value is -1.93. The highest BCUT2D eigenvalue weighted by atomic mass is 32.2. The molecule has 0 radical (unpaired) electrons. The van der Waals surface area contributed by atoms with Gasteiger partial charge < -0.3 is 0 Å². The molecule has 0 atom stereocenters. The van der Waals surface area contributed by atoms with E-state index in [0.29, 0.717) is 16.5 Å². The Kier molecular flexibility index (Phi) is 5.51. The maximum atomic E-state index is 12.1. The van der Waals surface area contributed by atoms with Gasteiger partial charge in [-0.05, 0) is 44.0 Å². The van der Waals surface area contributed by atoms with Crippen molar-refractivity contribution in [3.63, 3.8) is 0 Å². The third-order valence-corrected chi connectivity index (χ3v) is 3.83. The van der Waals surface area contributed by atoms with Crippen molar-refractivity contribution < 1.29 is 4.79 Å². The number of hydrogen-bond donors (Lipinski definition) is 2. The van der Waals surface area contributed by atoms with Gasteiger partial charge in [-0.1, -0.05) is 36.4 Å². The average Bonchev–Trinajstić information content (AvgIpc) is 2.81. The highest BCUT2D eigenvalue weighted by Gasteiger charge is 2.12. The van der Waals surface area contributed by atoms with Crippen LogP contribution in [0.2, 0.25) is 0 Å². The number of aromatic nitrogens is 3. The molecule has 116 valence electrons. The lowest BCUT2D eigenvalue weighted by molar-refractivity contribution is 0.0977. The van der Waals surface area contributed by atoms with Gasteiger partial charge in [-0.2, -0.15) is 0 Å². The number of benzene rings is 1. The molecule has 0 aliphatic heterocycles. The summed E-state index contributed by atoms with van der Waals surface area (Å²) in [5, 5.41) is 11.6. The summed E-state index contributed by atoms with van der Waals surface area (Å²) in [5.74, 6) is 1.28. The van der Waals surface area contributed by atoms with Crippen molar-refractivity contribution in [3.8, 4) is 0 Å². The fraction of sp³-hybridized carbons (Fsp3) is 0.286. The van der Waals surface area contributed by atoms with Gasteiger partial charge >= 0.3 is 0 Å². The minimum atomic E-state index is -0.257. The summed E-state index contributed by atoms with van der Waals surface area (Å²) < 4.78 is 1.66. The summed E-state index contributed by atoms with van der Waals surface area (Å²) in [4.78, 5) is 12.1. The van der Waals surface area contributed by atoms with E-state index < -0.39 is 0 Å².